The molecule has 0 fully saturated rings. The third-order valence-electron chi connectivity index (χ3n) is 2.30. The average Bonchev–Trinajstić information content (AvgIpc) is 2.78. The lowest BCUT2D eigenvalue weighted by molar-refractivity contribution is 0.0949. The van der Waals surface area contributed by atoms with E-state index in [0.717, 1.165) is 11.4 Å². The maximum absolute atomic E-state index is 11.7. The molecule has 0 aliphatic heterocycles. The van der Waals surface area contributed by atoms with E-state index in [4.69, 9.17) is 0 Å². The van der Waals surface area contributed by atoms with Crippen molar-refractivity contribution in [1.29, 1.82) is 0 Å². The zero-order chi connectivity index (χ0) is 12.3. The second kappa shape index (κ2) is 4.65. The Hall–Kier alpha value is -2.37. The van der Waals surface area contributed by atoms with Crippen LogP contribution in [-0.4, -0.2) is 21.1 Å². The Kier molecular flexibility index (Phi) is 3.04. The van der Waals surface area contributed by atoms with E-state index >= 15 is 0 Å². The molecule has 2 rings (SSSR count). The van der Waals surface area contributed by atoms with Gasteiger partial charge in [0.1, 0.15) is 5.56 Å². The number of carbonyl (C=O) groups excluding carboxylic acids is 1. The van der Waals surface area contributed by atoms with Gasteiger partial charge in [-0.1, -0.05) is 0 Å². The number of pyridine rings is 1. The van der Waals surface area contributed by atoms with E-state index in [0.29, 0.717) is 6.54 Å². The van der Waals surface area contributed by atoms with Gasteiger partial charge in [0, 0.05) is 11.9 Å². The molecule has 0 saturated carbocycles. The van der Waals surface area contributed by atoms with Crippen LogP contribution in [0.1, 0.15) is 21.7 Å². The van der Waals surface area contributed by atoms with Crippen molar-refractivity contribution >= 4 is 5.91 Å². The molecule has 3 N–H and O–H groups in total. The molecule has 6 nitrogen and oxygen atoms in total. The highest BCUT2D eigenvalue weighted by atomic mass is 16.2. The van der Waals surface area contributed by atoms with E-state index in [1.165, 1.54) is 6.07 Å². The average molecular weight is 232 g/mol. The van der Waals surface area contributed by atoms with Crippen LogP contribution in [0.4, 0.5) is 0 Å². The summed E-state index contributed by atoms with van der Waals surface area (Å²) in [7, 11) is 0. The number of amides is 1. The fraction of sp³-hybridized carbons (Fsp3) is 0.182. The summed E-state index contributed by atoms with van der Waals surface area (Å²) in [6, 6.07) is 4.95. The summed E-state index contributed by atoms with van der Waals surface area (Å²) in [6.07, 6.45) is 1.60. The lowest BCUT2D eigenvalue weighted by Gasteiger charge is -2.03. The van der Waals surface area contributed by atoms with E-state index in [9.17, 15) is 9.59 Å². The van der Waals surface area contributed by atoms with Crippen LogP contribution < -0.4 is 10.9 Å². The summed E-state index contributed by atoms with van der Waals surface area (Å²) in [5.41, 5.74) is 1.23. The number of nitrogens with one attached hydrogen (secondary N) is 3. The molecule has 2 aromatic heterocycles. The van der Waals surface area contributed by atoms with Crippen LogP contribution in [0.3, 0.4) is 0 Å². The zero-order valence-corrected chi connectivity index (χ0v) is 9.28. The summed E-state index contributed by atoms with van der Waals surface area (Å²) < 4.78 is 0. The molecule has 0 bridgehead atoms. The molecule has 88 valence electrons. The van der Waals surface area contributed by atoms with Gasteiger partial charge in [-0.05, 0) is 25.1 Å². The highest BCUT2D eigenvalue weighted by molar-refractivity contribution is 5.93. The van der Waals surface area contributed by atoms with Gasteiger partial charge in [0.05, 0.1) is 12.2 Å². The Morgan fingerprint density at radius 2 is 2.24 bits per heavy atom. The molecule has 6 heteroatoms. The molecule has 0 atom stereocenters. The van der Waals surface area contributed by atoms with Crippen molar-refractivity contribution in [3.63, 3.8) is 0 Å². The Balaban J connectivity index is 2.07. The van der Waals surface area contributed by atoms with Gasteiger partial charge in [-0.2, -0.15) is 5.10 Å². The van der Waals surface area contributed by atoms with E-state index in [1.807, 2.05) is 0 Å². The van der Waals surface area contributed by atoms with Crippen molar-refractivity contribution in [2.75, 3.05) is 0 Å². The summed E-state index contributed by atoms with van der Waals surface area (Å²) in [6.45, 7) is 2.07. The summed E-state index contributed by atoms with van der Waals surface area (Å²) in [4.78, 5) is 25.8. The molecule has 17 heavy (non-hydrogen) atoms. The maximum Gasteiger partial charge on any atom is 0.260 e. The summed E-state index contributed by atoms with van der Waals surface area (Å²) in [5, 5.41) is 9.11. The third kappa shape index (κ3) is 2.60. The van der Waals surface area contributed by atoms with Gasteiger partial charge >= 0.3 is 0 Å². The van der Waals surface area contributed by atoms with Crippen LogP contribution in [0, 0.1) is 6.92 Å². The standard InChI is InChI=1S/C11H12N4O2/c1-7-2-3-9(11(17)14-7)10(16)12-6-8-4-5-13-15-8/h2-5H,6H2,1H3,(H,12,16)(H,13,15)(H,14,17). The molecular weight excluding hydrogens is 220 g/mol. The fourth-order valence-electron chi connectivity index (χ4n) is 1.40. The molecule has 2 heterocycles. The minimum atomic E-state index is -0.402. The Morgan fingerprint density at radius 1 is 1.41 bits per heavy atom. The van der Waals surface area contributed by atoms with E-state index < -0.39 is 5.91 Å². The number of H-pyrrole nitrogens is 2. The predicted octanol–water partition coefficient (Wildman–Crippen LogP) is 0.336. The van der Waals surface area contributed by atoms with Crippen molar-refractivity contribution in [1.82, 2.24) is 20.5 Å². The van der Waals surface area contributed by atoms with Gasteiger partial charge in [0.15, 0.2) is 0 Å². The first kappa shape index (κ1) is 11.1. The van der Waals surface area contributed by atoms with Gasteiger partial charge in [0.25, 0.3) is 11.5 Å². The van der Waals surface area contributed by atoms with Crippen LogP contribution in [0.15, 0.2) is 29.2 Å². The van der Waals surface area contributed by atoms with Crippen LogP contribution in [0.2, 0.25) is 0 Å². The molecule has 0 aliphatic carbocycles. The van der Waals surface area contributed by atoms with Gasteiger partial charge in [-0.15, -0.1) is 0 Å². The molecule has 1 amide bonds. The topological polar surface area (TPSA) is 90.6 Å². The molecule has 2 aromatic rings. The van der Waals surface area contributed by atoms with Crippen molar-refractivity contribution in [2.24, 2.45) is 0 Å². The first-order chi connectivity index (χ1) is 8.16. The molecule has 0 saturated heterocycles. The minimum Gasteiger partial charge on any atom is -0.346 e. The SMILES string of the molecule is Cc1ccc(C(=O)NCc2ccn[nH]2)c(=O)[nH]1. The molecule has 0 aliphatic rings. The summed E-state index contributed by atoms with van der Waals surface area (Å²) >= 11 is 0. The van der Waals surface area contributed by atoms with E-state index in [-0.39, 0.29) is 11.1 Å². The number of hydrogen-bond donors (Lipinski definition) is 3. The Labute approximate surface area is 97.1 Å². The smallest absolute Gasteiger partial charge is 0.260 e. The zero-order valence-electron chi connectivity index (χ0n) is 9.28. The monoisotopic (exact) mass is 232 g/mol. The Bertz CT molecular complexity index is 571. The predicted molar refractivity (Wildman–Crippen MR) is 61.6 cm³/mol. The van der Waals surface area contributed by atoms with Crippen molar-refractivity contribution in [2.45, 2.75) is 13.5 Å². The van der Waals surface area contributed by atoms with Gasteiger partial charge < -0.3 is 10.3 Å². The second-order valence-electron chi connectivity index (χ2n) is 3.65. The van der Waals surface area contributed by atoms with Gasteiger partial charge in [-0.3, -0.25) is 14.7 Å². The van der Waals surface area contributed by atoms with Gasteiger partial charge in [-0.25, -0.2) is 0 Å². The van der Waals surface area contributed by atoms with Crippen LogP contribution in [0.25, 0.3) is 0 Å². The number of aromatic nitrogens is 3. The second-order valence-corrected chi connectivity index (χ2v) is 3.65. The lowest BCUT2D eigenvalue weighted by atomic mass is 10.2. The minimum absolute atomic E-state index is 0.107. The van der Waals surface area contributed by atoms with Crippen molar-refractivity contribution < 1.29 is 4.79 Å². The number of nitrogens with zero attached hydrogens (tertiary/aromatic N) is 1. The van der Waals surface area contributed by atoms with Crippen LogP contribution in [0.5, 0.6) is 0 Å². The van der Waals surface area contributed by atoms with Crippen molar-refractivity contribution in [3.05, 3.63) is 51.7 Å². The first-order valence-electron chi connectivity index (χ1n) is 5.13. The number of aryl methyl sites for hydroxylation is 1. The number of aromatic amines is 2. The normalized spacial score (nSPS) is 10.2. The molecule has 0 aromatic carbocycles. The van der Waals surface area contributed by atoms with Crippen LogP contribution in [-0.2, 0) is 6.54 Å². The Morgan fingerprint density at radius 3 is 2.88 bits per heavy atom. The first-order valence-corrected chi connectivity index (χ1v) is 5.13. The molecule has 0 unspecified atom stereocenters. The van der Waals surface area contributed by atoms with E-state index in [2.05, 4.69) is 20.5 Å². The lowest BCUT2D eigenvalue weighted by Crippen LogP contribution is -2.29. The molecular formula is C11H12N4O2. The fourth-order valence-corrected chi connectivity index (χ4v) is 1.40. The van der Waals surface area contributed by atoms with E-state index in [1.54, 1.807) is 25.3 Å². The number of rotatable bonds is 3. The van der Waals surface area contributed by atoms with Gasteiger partial charge in [0.2, 0.25) is 0 Å². The molecule has 0 radical (unpaired) electrons. The quantitative estimate of drug-likeness (QED) is 0.712. The largest absolute Gasteiger partial charge is 0.346 e. The third-order valence-corrected chi connectivity index (χ3v) is 2.30. The number of carbonyl (C=O) groups is 1. The highest BCUT2D eigenvalue weighted by Crippen LogP contribution is 1.95. The highest BCUT2D eigenvalue weighted by Gasteiger charge is 2.09. The summed E-state index contributed by atoms with van der Waals surface area (Å²) in [5.74, 6) is -0.402. The van der Waals surface area contributed by atoms with Crippen LogP contribution >= 0.6 is 0 Å². The maximum atomic E-state index is 11.7. The van der Waals surface area contributed by atoms with Crippen molar-refractivity contribution in [3.8, 4) is 0 Å². The number of hydrogen-bond acceptors (Lipinski definition) is 3. The molecule has 0 spiro atoms.